The summed E-state index contributed by atoms with van der Waals surface area (Å²) in [6, 6.07) is 0. The predicted molar refractivity (Wildman–Crippen MR) is 46.4 cm³/mol. The van der Waals surface area contributed by atoms with E-state index >= 15 is 0 Å². The molecule has 2 heteroatoms. The summed E-state index contributed by atoms with van der Waals surface area (Å²) in [6.07, 6.45) is 6.33. The largest absolute Gasteiger partial charge is 0.366 e. The smallest absolute Gasteiger partial charge is 0.107 e. The highest BCUT2D eigenvalue weighted by Crippen LogP contribution is 2.35. The zero-order chi connectivity index (χ0) is 7.90. The molecule has 0 radical (unpaired) electrons. The maximum absolute atomic E-state index is 4.18. The molecule has 0 saturated carbocycles. The lowest BCUT2D eigenvalue weighted by molar-refractivity contribution is 0.606. The van der Waals surface area contributed by atoms with Crippen molar-refractivity contribution < 1.29 is 0 Å². The van der Waals surface area contributed by atoms with Crippen molar-refractivity contribution >= 4 is 6.21 Å². The van der Waals surface area contributed by atoms with Crippen LogP contribution >= 0.6 is 0 Å². The highest BCUT2D eigenvalue weighted by atomic mass is 15.0. The lowest BCUT2D eigenvalue weighted by Gasteiger charge is -2.20. The van der Waals surface area contributed by atoms with Gasteiger partial charge in [-0.1, -0.05) is 19.9 Å². The minimum Gasteiger partial charge on any atom is -0.366 e. The Kier molecular flexibility index (Phi) is 1.19. The molecule has 0 atom stereocenters. The Morgan fingerprint density at radius 1 is 1.55 bits per heavy atom. The molecular weight excluding hydrogens is 136 g/mol. The number of nitrogens with one attached hydrogen (secondary N) is 1. The number of aliphatic imine (C=N–C) groups is 1. The first-order valence-electron chi connectivity index (χ1n) is 3.88. The first kappa shape index (κ1) is 6.65. The molecule has 0 saturated heterocycles. The number of allylic oxidation sites excluding steroid dienone is 3. The molecule has 0 amide bonds. The number of nitrogens with zero attached hydrogens (tertiary/aromatic N) is 1. The second-order valence-electron chi connectivity index (χ2n) is 3.53. The van der Waals surface area contributed by atoms with Crippen LogP contribution < -0.4 is 5.32 Å². The normalized spacial score (nSPS) is 25.3. The van der Waals surface area contributed by atoms with Crippen LogP contribution in [0.1, 0.15) is 13.8 Å². The molecule has 0 fully saturated rings. The number of rotatable bonds is 0. The van der Waals surface area contributed by atoms with Gasteiger partial charge in [-0.15, -0.1) is 0 Å². The topological polar surface area (TPSA) is 24.4 Å². The van der Waals surface area contributed by atoms with Crippen LogP contribution in [0.5, 0.6) is 0 Å². The van der Waals surface area contributed by atoms with Crippen molar-refractivity contribution in [3.63, 3.8) is 0 Å². The number of hydrogen-bond donors (Lipinski definition) is 1. The second kappa shape index (κ2) is 1.97. The molecule has 2 aliphatic rings. The fraction of sp³-hybridized carbons (Fsp3) is 0.444. The fourth-order valence-electron chi connectivity index (χ4n) is 1.48. The van der Waals surface area contributed by atoms with Crippen LogP contribution in [0.3, 0.4) is 0 Å². The van der Waals surface area contributed by atoms with Crippen molar-refractivity contribution in [2.45, 2.75) is 13.8 Å². The van der Waals surface area contributed by atoms with E-state index in [1.165, 1.54) is 11.3 Å². The van der Waals surface area contributed by atoms with E-state index in [1.54, 1.807) is 0 Å². The first-order valence-corrected chi connectivity index (χ1v) is 3.88. The fourth-order valence-corrected chi connectivity index (χ4v) is 1.48. The monoisotopic (exact) mass is 148 g/mol. The van der Waals surface area contributed by atoms with Gasteiger partial charge in [0.15, 0.2) is 0 Å². The zero-order valence-electron chi connectivity index (χ0n) is 6.89. The molecule has 58 valence electrons. The van der Waals surface area contributed by atoms with Crippen molar-refractivity contribution in [2.24, 2.45) is 10.4 Å². The van der Waals surface area contributed by atoms with Gasteiger partial charge < -0.3 is 5.32 Å². The van der Waals surface area contributed by atoms with Crippen LogP contribution in [-0.4, -0.2) is 12.9 Å². The molecule has 0 bridgehead atoms. The van der Waals surface area contributed by atoms with Gasteiger partial charge in [-0.05, 0) is 6.08 Å². The molecule has 0 spiro atoms. The Hall–Kier alpha value is -1.05. The minimum atomic E-state index is 0.173. The average molecular weight is 148 g/mol. The highest BCUT2D eigenvalue weighted by molar-refractivity contribution is 5.85. The molecule has 2 rings (SSSR count). The summed E-state index contributed by atoms with van der Waals surface area (Å²) >= 11 is 0. The predicted octanol–water partition coefficient (Wildman–Crippen LogP) is 1.47. The Morgan fingerprint density at radius 2 is 2.36 bits per heavy atom. The molecular formula is C9H12N2. The highest BCUT2D eigenvalue weighted by Gasteiger charge is 2.27. The maximum Gasteiger partial charge on any atom is 0.107 e. The lowest BCUT2D eigenvalue weighted by Crippen LogP contribution is -2.21. The Bertz CT molecular complexity index is 269. The lowest BCUT2D eigenvalue weighted by atomic mass is 9.87. The van der Waals surface area contributed by atoms with E-state index in [4.69, 9.17) is 0 Å². The van der Waals surface area contributed by atoms with Gasteiger partial charge in [0.05, 0.1) is 0 Å². The first-order chi connectivity index (χ1) is 5.20. The van der Waals surface area contributed by atoms with E-state index < -0.39 is 0 Å². The Balaban J connectivity index is 2.44. The molecule has 0 aromatic rings. The van der Waals surface area contributed by atoms with E-state index in [1.807, 2.05) is 6.21 Å². The van der Waals surface area contributed by atoms with Gasteiger partial charge in [0.1, 0.15) is 6.67 Å². The molecule has 2 nitrogen and oxygen atoms in total. The molecule has 0 aromatic carbocycles. The van der Waals surface area contributed by atoms with Gasteiger partial charge in [-0.2, -0.15) is 0 Å². The Morgan fingerprint density at radius 3 is 3.09 bits per heavy atom. The van der Waals surface area contributed by atoms with Crippen LogP contribution in [0.15, 0.2) is 28.4 Å². The maximum atomic E-state index is 4.18. The Labute approximate surface area is 66.7 Å². The summed E-state index contributed by atoms with van der Waals surface area (Å²) in [7, 11) is 0. The van der Waals surface area contributed by atoms with E-state index in [-0.39, 0.29) is 5.41 Å². The molecule has 1 N–H and O–H groups in total. The molecule has 0 aromatic heterocycles. The van der Waals surface area contributed by atoms with Gasteiger partial charge in [0, 0.05) is 22.9 Å². The van der Waals surface area contributed by atoms with Crippen LogP contribution in [0.4, 0.5) is 0 Å². The SMILES string of the molecule is CC1(C)C=CC2=C1C=NCN2. The zero-order valence-corrected chi connectivity index (χ0v) is 6.89. The molecule has 11 heavy (non-hydrogen) atoms. The van der Waals surface area contributed by atoms with Crippen molar-refractivity contribution in [1.29, 1.82) is 0 Å². The van der Waals surface area contributed by atoms with Crippen molar-refractivity contribution in [3.8, 4) is 0 Å². The third-order valence-corrected chi connectivity index (χ3v) is 2.23. The van der Waals surface area contributed by atoms with Crippen LogP contribution in [-0.2, 0) is 0 Å². The van der Waals surface area contributed by atoms with Crippen LogP contribution in [0.2, 0.25) is 0 Å². The van der Waals surface area contributed by atoms with Gasteiger partial charge in [-0.3, -0.25) is 4.99 Å². The quantitative estimate of drug-likeness (QED) is 0.552. The summed E-state index contributed by atoms with van der Waals surface area (Å²) in [6.45, 7) is 5.12. The summed E-state index contributed by atoms with van der Waals surface area (Å²) < 4.78 is 0. The van der Waals surface area contributed by atoms with E-state index in [0.29, 0.717) is 0 Å². The summed E-state index contributed by atoms with van der Waals surface area (Å²) in [5.41, 5.74) is 2.72. The summed E-state index contributed by atoms with van der Waals surface area (Å²) in [4.78, 5) is 4.18. The van der Waals surface area contributed by atoms with Gasteiger partial charge >= 0.3 is 0 Å². The van der Waals surface area contributed by atoms with Crippen LogP contribution in [0.25, 0.3) is 0 Å². The van der Waals surface area contributed by atoms with E-state index in [9.17, 15) is 0 Å². The van der Waals surface area contributed by atoms with E-state index in [2.05, 4.69) is 36.3 Å². The number of hydrogen-bond acceptors (Lipinski definition) is 2. The average Bonchev–Trinajstić information content (AvgIpc) is 2.29. The molecule has 1 aliphatic carbocycles. The van der Waals surface area contributed by atoms with Gasteiger partial charge in [0.2, 0.25) is 0 Å². The van der Waals surface area contributed by atoms with Gasteiger partial charge in [-0.25, -0.2) is 0 Å². The second-order valence-corrected chi connectivity index (χ2v) is 3.53. The van der Waals surface area contributed by atoms with Crippen molar-refractivity contribution in [1.82, 2.24) is 5.32 Å². The minimum absolute atomic E-state index is 0.173. The third kappa shape index (κ3) is 0.897. The standard InChI is InChI=1S/C9H12N2/c1-9(2)4-3-8-7(9)5-10-6-11-8/h3-5,11H,6H2,1-2H3. The third-order valence-electron chi connectivity index (χ3n) is 2.23. The van der Waals surface area contributed by atoms with E-state index in [0.717, 1.165) is 6.67 Å². The van der Waals surface area contributed by atoms with Crippen molar-refractivity contribution in [2.75, 3.05) is 6.67 Å². The van der Waals surface area contributed by atoms with Crippen molar-refractivity contribution in [3.05, 3.63) is 23.4 Å². The molecule has 1 aliphatic heterocycles. The van der Waals surface area contributed by atoms with Crippen LogP contribution in [0, 0.1) is 5.41 Å². The molecule has 0 unspecified atom stereocenters. The summed E-state index contributed by atoms with van der Waals surface area (Å²) in [5.74, 6) is 0. The molecule has 1 heterocycles. The van der Waals surface area contributed by atoms with Gasteiger partial charge in [0.25, 0.3) is 0 Å². The summed E-state index contributed by atoms with van der Waals surface area (Å²) in [5, 5.41) is 3.23.